The largest absolute Gasteiger partial charge is 0.450 e. The number of hydrogen-bond donors (Lipinski definition) is 0. The van der Waals surface area contributed by atoms with Crippen LogP contribution in [0, 0.1) is 26.6 Å². The lowest BCUT2D eigenvalue weighted by atomic mass is 10.0. The number of sulfone groups is 1. The second-order valence-electron chi connectivity index (χ2n) is 8.13. The Labute approximate surface area is 185 Å². The Bertz CT molecular complexity index is 1280. The van der Waals surface area contributed by atoms with Gasteiger partial charge in [0.1, 0.15) is 11.4 Å². The molecule has 1 atom stereocenters. The number of rotatable bonds is 4. The predicted octanol–water partition coefficient (Wildman–Crippen LogP) is 4.98. The zero-order valence-electron chi connectivity index (χ0n) is 17.5. The van der Waals surface area contributed by atoms with Gasteiger partial charge in [0, 0.05) is 27.6 Å². The minimum absolute atomic E-state index is 0.0101. The van der Waals surface area contributed by atoms with Crippen LogP contribution in [0.3, 0.4) is 0 Å². The van der Waals surface area contributed by atoms with E-state index in [9.17, 15) is 17.6 Å². The first kappa shape index (κ1) is 21.8. The van der Waals surface area contributed by atoms with E-state index in [1.165, 1.54) is 17.0 Å². The number of fused-ring (bicyclic) bond motifs is 1. The van der Waals surface area contributed by atoms with Gasteiger partial charge in [-0.15, -0.1) is 0 Å². The standard InChI is InChI=1S/C23H23ClFNO4S/c1-13-7-8-17-15(3)22(30-21(17)14(13)2)23(27)26(16-9-10-31(28,29)12-16)11-18-19(24)5-4-6-20(18)25/h4-8,16H,9-12H2,1-3H3/t16-/m1/s1. The van der Waals surface area contributed by atoms with Gasteiger partial charge in [0.15, 0.2) is 15.6 Å². The summed E-state index contributed by atoms with van der Waals surface area (Å²) in [4.78, 5) is 15.0. The van der Waals surface area contributed by atoms with Crippen molar-refractivity contribution in [3.63, 3.8) is 0 Å². The molecule has 164 valence electrons. The van der Waals surface area contributed by atoms with Gasteiger partial charge >= 0.3 is 0 Å². The van der Waals surface area contributed by atoms with E-state index in [0.29, 0.717) is 11.1 Å². The molecule has 1 aromatic heterocycles. The minimum Gasteiger partial charge on any atom is -0.450 e. The van der Waals surface area contributed by atoms with E-state index in [2.05, 4.69) is 0 Å². The third-order valence-corrected chi connectivity index (χ3v) is 8.22. The maximum atomic E-state index is 14.5. The van der Waals surface area contributed by atoms with E-state index >= 15 is 0 Å². The normalized spacial score (nSPS) is 17.9. The topological polar surface area (TPSA) is 67.6 Å². The first-order valence-electron chi connectivity index (χ1n) is 10.0. The van der Waals surface area contributed by atoms with Gasteiger partial charge < -0.3 is 9.32 Å². The van der Waals surface area contributed by atoms with Crippen molar-refractivity contribution in [2.45, 2.75) is 39.8 Å². The molecule has 8 heteroatoms. The van der Waals surface area contributed by atoms with E-state index in [-0.39, 0.29) is 40.8 Å². The van der Waals surface area contributed by atoms with Gasteiger partial charge in [-0.25, -0.2) is 12.8 Å². The smallest absolute Gasteiger partial charge is 0.290 e. The highest BCUT2D eigenvalue weighted by molar-refractivity contribution is 7.91. The molecule has 0 spiro atoms. The fraction of sp³-hybridized carbons (Fsp3) is 0.348. The van der Waals surface area contributed by atoms with Crippen LogP contribution in [0.15, 0.2) is 34.7 Å². The van der Waals surface area contributed by atoms with Gasteiger partial charge in [-0.1, -0.05) is 29.8 Å². The molecule has 0 aliphatic carbocycles. The summed E-state index contributed by atoms with van der Waals surface area (Å²) in [7, 11) is -3.27. The summed E-state index contributed by atoms with van der Waals surface area (Å²) >= 11 is 6.20. The Morgan fingerprint density at radius 1 is 1.19 bits per heavy atom. The number of halogens is 2. The zero-order valence-corrected chi connectivity index (χ0v) is 19.1. The first-order chi connectivity index (χ1) is 14.6. The van der Waals surface area contributed by atoms with Crippen molar-refractivity contribution in [3.05, 3.63) is 69.2 Å². The predicted molar refractivity (Wildman–Crippen MR) is 119 cm³/mol. The number of hydrogen-bond acceptors (Lipinski definition) is 4. The van der Waals surface area contributed by atoms with Crippen LogP contribution < -0.4 is 0 Å². The number of amides is 1. The molecule has 0 unspecified atom stereocenters. The lowest BCUT2D eigenvalue weighted by Crippen LogP contribution is -2.41. The van der Waals surface area contributed by atoms with Gasteiger partial charge in [0.25, 0.3) is 5.91 Å². The lowest BCUT2D eigenvalue weighted by Gasteiger charge is -2.28. The van der Waals surface area contributed by atoms with Crippen LogP contribution >= 0.6 is 11.6 Å². The lowest BCUT2D eigenvalue weighted by molar-refractivity contribution is 0.0647. The second-order valence-corrected chi connectivity index (χ2v) is 10.8. The van der Waals surface area contributed by atoms with Crippen LogP contribution in [-0.4, -0.2) is 36.8 Å². The summed E-state index contributed by atoms with van der Waals surface area (Å²) < 4.78 is 44.7. The van der Waals surface area contributed by atoms with Crippen LogP contribution in [-0.2, 0) is 16.4 Å². The van der Waals surface area contributed by atoms with Crippen LogP contribution in [0.1, 0.15) is 39.2 Å². The number of nitrogens with zero attached hydrogens (tertiary/aromatic N) is 1. The van der Waals surface area contributed by atoms with E-state index in [0.717, 1.165) is 16.5 Å². The second kappa shape index (κ2) is 7.95. The summed E-state index contributed by atoms with van der Waals surface area (Å²) in [5, 5.41) is 1.01. The van der Waals surface area contributed by atoms with E-state index < -0.39 is 27.6 Å². The fourth-order valence-corrected chi connectivity index (χ4v) is 6.05. The van der Waals surface area contributed by atoms with E-state index in [1.807, 2.05) is 26.0 Å². The third kappa shape index (κ3) is 3.96. The number of furan rings is 1. The maximum Gasteiger partial charge on any atom is 0.290 e. The molecule has 2 heterocycles. The summed E-state index contributed by atoms with van der Waals surface area (Å²) in [5.41, 5.74) is 3.43. The van der Waals surface area contributed by atoms with Crippen molar-refractivity contribution < 1.29 is 22.0 Å². The molecular formula is C23H23ClFNO4S. The highest BCUT2D eigenvalue weighted by Gasteiger charge is 2.37. The molecule has 31 heavy (non-hydrogen) atoms. The van der Waals surface area contributed by atoms with Crippen LogP contribution in [0.2, 0.25) is 5.02 Å². The average molecular weight is 464 g/mol. The van der Waals surface area contributed by atoms with Crippen molar-refractivity contribution in [1.82, 2.24) is 4.90 Å². The van der Waals surface area contributed by atoms with Crippen molar-refractivity contribution in [2.24, 2.45) is 0 Å². The fourth-order valence-electron chi connectivity index (χ4n) is 4.09. The molecule has 1 amide bonds. The van der Waals surface area contributed by atoms with Gasteiger partial charge in [0.05, 0.1) is 18.1 Å². The molecule has 1 saturated heterocycles. The van der Waals surface area contributed by atoms with Gasteiger partial charge in [-0.3, -0.25) is 4.79 Å². The quantitative estimate of drug-likeness (QED) is 0.547. The Morgan fingerprint density at radius 3 is 2.58 bits per heavy atom. The Hall–Kier alpha value is -2.38. The molecule has 0 N–H and O–H groups in total. The zero-order chi connectivity index (χ0) is 22.5. The Morgan fingerprint density at radius 2 is 1.94 bits per heavy atom. The first-order valence-corrected chi connectivity index (χ1v) is 12.2. The van der Waals surface area contributed by atoms with Crippen LogP contribution in [0.4, 0.5) is 4.39 Å². The summed E-state index contributed by atoms with van der Waals surface area (Å²) in [6.45, 7) is 5.55. The van der Waals surface area contributed by atoms with Crippen molar-refractivity contribution in [3.8, 4) is 0 Å². The molecule has 5 nitrogen and oxygen atoms in total. The highest BCUT2D eigenvalue weighted by Crippen LogP contribution is 2.32. The number of carbonyl (C=O) groups excluding carboxylic acids is 1. The summed E-state index contributed by atoms with van der Waals surface area (Å²) in [6.07, 6.45) is 0.289. The number of carbonyl (C=O) groups is 1. The van der Waals surface area contributed by atoms with E-state index in [1.54, 1.807) is 13.0 Å². The SMILES string of the molecule is Cc1ccc2c(C)c(C(=O)N(Cc3c(F)cccc3Cl)[C@@H]3CCS(=O)(=O)C3)oc2c1C. The van der Waals surface area contributed by atoms with E-state index in [4.69, 9.17) is 16.0 Å². The molecule has 0 bridgehead atoms. The van der Waals surface area contributed by atoms with Gasteiger partial charge in [-0.05, 0) is 50.5 Å². The molecule has 2 aromatic carbocycles. The molecule has 4 rings (SSSR count). The van der Waals surface area contributed by atoms with Crippen LogP contribution in [0.25, 0.3) is 11.0 Å². The molecule has 1 aliphatic rings. The number of benzene rings is 2. The average Bonchev–Trinajstić information content (AvgIpc) is 3.24. The van der Waals surface area contributed by atoms with Gasteiger partial charge in [0.2, 0.25) is 0 Å². The molecular weight excluding hydrogens is 441 g/mol. The molecule has 3 aromatic rings. The summed E-state index contributed by atoms with van der Waals surface area (Å²) in [5.74, 6) is -1.04. The molecule has 0 radical (unpaired) electrons. The molecule has 0 saturated carbocycles. The van der Waals surface area contributed by atoms with Crippen molar-refractivity contribution in [2.75, 3.05) is 11.5 Å². The van der Waals surface area contributed by atoms with Crippen molar-refractivity contribution >= 4 is 38.3 Å². The number of aryl methyl sites for hydroxylation is 3. The molecule has 1 fully saturated rings. The minimum atomic E-state index is -3.27. The Kier molecular flexibility index (Phi) is 5.60. The molecule has 1 aliphatic heterocycles. The Balaban J connectivity index is 1.80. The van der Waals surface area contributed by atoms with Crippen LogP contribution in [0.5, 0.6) is 0 Å². The van der Waals surface area contributed by atoms with Gasteiger partial charge in [-0.2, -0.15) is 0 Å². The third-order valence-electron chi connectivity index (χ3n) is 6.12. The monoisotopic (exact) mass is 463 g/mol. The maximum absolute atomic E-state index is 14.5. The summed E-state index contributed by atoms with van der Waals surface area (Å²) in [6, 6.07) is 7.60. The van der Waals surface area contributed by atoms with Crippen molar-refractivity contribution in [1.29, 1.82) is 0 Å². The highest BCUT2D eigenvalue weighted by atomic mass is 35.5.